The Morgan fingerprint density at radius 3 is 2.72 bits per heavy atom. The Morgan fingerprint density at radius 2 is 1.97 bits per heavy atom. The van der Waals surface area contributed by atoms with Gasteiger partial charge < -0.3 is 15.4 Å². The van der Waals surface area contributed by atoms with Crippen molar-refractivity contribution in [2.24, 2.45) is 0 Å². The van der Waals surface area contributed by atoms with Gasteiger partial charge in [-0.2, -0.15) is 0 Å². The van der Waals surface area contributed by atoms with Gasteiger partial charge in [0.2, 0.25) is 11.0 Å². The number of para-hydroxylation sites is 2. The van der Waals surface area contributed by atoms with Gasteiger partial charge in [-0.05, 0) is 12.1 Å². The summed E-state index contributed by atoms with van der Waals surface area (Å²) in [6.45, 7) is 4.30. The summed E-state index contributed by atoms with van der Waals surface area (Å²) in [5, 5.41) is 8.10. The fraction of sp³-hybridized carbons (Fsp3) is 0.182. The van der Waals surface area contributed by atoms with Crippen molar-refractivity contribution in [2.45, 2.75) is 16.7 Å². The number of hydrogen-bond acceptors (Lipinski definition) is 8. The van der Waals surface area contributed by atoms with Gasteiger partial charge in [0.25, 0.3) is 11.6 Å². The molecular weight excluding hydrogens is 446 g/mol. The third kappa shape index (κ3) is 3.10. The van der Waals surface area contributed by atoms with Crippen LogP contribution in [-0.4, -0.2) is 34.3 Å². The monoisotopic (exact) mass is 465 g/mol. The molecule has 0 saturated heterocycles. The normalized spacial score (nSPS) is 19.2. The second-order valence-corrected chi connectivity index (χ2v) is 9.44. The van der Waals surface area contributed by atoms with E-state index in [0.717, 1.165) is 5.56 Å². The summed E-state index contributed by atoms with van der Waals surface area (Å²) in [7, 11) is 0. The minimum absolute atomic E-state index is 0.0466. The summed E-state index contributed by atoms with van der Waals surface area (Å²) in [5.74, 6) is -0.545. The molecule has 5 rings (SSSR count). The Morgan fingerprint density at radius 1 is 1.22 bits per heavy atom. The number of carbonyl (C=O) groups excluding carboxylic acids is 2. The molecule has 1 aromatic heterocycles. The van der Waals surface area contributed by atoms with Crippen molar-refractivity contribution in [3.63, 3.8) is 0 Å². The van der Waals surface area contributed by atoms with Crippen LogP contribution in [0.5, 0.6) is 0 Å². The van der Waals surface area contributed by atoms with E-state index in [0.29, 0.717) is 33.0 Å². The molecule has 0 aliphatic carbocycles. The third-order valence-corrected chi connectivity index (χ3v) is 7.25. The van der Waals surface area contributed by atoms with E-state index in [-0.39, 0.29) is 24.2 Å². The highest BCUT2D eigenvalue weighted by Crippen LogP contribution is 2.50. The van der Waals surface area contributed by atoms with Crippen LogP contribution in [0.1, 0.15) is 11.1 Å². The highest BCUT2D eigenvalue weighted by Gasteiger charge is 2.59. The van der Waals surface area contributed by atoms with Crippen LogP contribution in [0.3, 0.4) is 0 Å². The second kappa shape index (κ2) is 8.05. The number of anilines is 3. The second-order valence-electron chi connectivity index (χ2n) is 7.21. The van der Waals surface area contributed by atoms with Gasteiger partial charge in [0.15, 0.2) is 4.34 Å². The molecule has 0 fully saturated rings. The molecule has 0 saturated carbocycles. The Bertz CT molecular complexity index is 1230. The largest absolute Gasteiger partial charge is 0.374 e. The van der Waals surface area contributed by atoms with Gasteiger partial charge in [0, 0.05) is 17.7 Å². The van der Waals surface area contributed by atoms with Crippen LogP contribution in [0.2, 0.25) is 0 Å². The van der Waals surface area contributed by atoms with Crippen molar-refractivity contribution in [1.82, 2.24) is 10.2 Å². The molecule has 0 unspecified atom stereocenters. The van der Waals surface area contributed by atoms with Crippen molar-refractivity contribution in [2.75, 3.05) is 27.8 Å². The average Bonchev–Trinajstić information content (AvgIpc) is 3.33. The molecule has 2 aliphatic heterocycles. The van der Waals surface area contributed by atoms with Gasteiger partial charge in [-0.15, -0.1) is 16.8 Å². The van der Waals surface area contributed by atoms with Crippen LogP contribution in [0, 0.1) is 0 Å². The molecule has 8 nitrogen and oxygen atoms in total. The number of benzene rings is 2. The van der Waals surface area contributed by atoms with Crippen LogP contribution < -0.4 is 15.5 Å². The van der Waals surface area contributed by atoms with E-state index < -0.39 is 5.72 Å². The van der Waals surface area contributed by atoms with Crippen molar-refractivity contribution in [1.29, 1.82) is 0 Å². The molecule has 2 N–H and O–H groups in total. The molecule has 10 heteroatoms. The summed E-state index contributed by atoms with van der Waals surface area (Å²) in [6.07, 6.45) is 1.66. The zero-order chi connectivity index (χ0) is 22.3. The van der Waals surface area contributed by atoms with E-state index >= 15 is 0 Å². The molecule has 2 aliphatic rings. The van der Waals surface area contributed by atoms with E-state index in [2.05, 4.69) is 16.8 Å². The molecular formula is C22H19N5O3S2. The summed E-state index contributed by atoms with van der Waals surface area (Å²) in [4.78, 5) is 30.6. The third-order valence-electron chi connectivity index (χ3n) is 5.38. The zero-order valence-corrected chi connectivity index (χ0v) is 18.6. The molecule has 32 heavy (non-hydrogen) atoms. The predicted molar refractivity (Wildman–Crippen MR) is 124 cm³/mol. The number of amides is 2. The first-order valence-corrected chi connectivity index (χ1v) is 11.7. The topological polar surface area (TPSA) is 102 Å². The first-order chi connectivity index (χ1) is 15.6. The van der Waals surface area contributed by atoms with E-state index in [4.69, 9.17) is 10.5 Å². The number of ether oxygens (including phenoxy) is 1. The minimum Gasteiger partial charge on any atom is -0.374 e. The molecule has 3 heterocycles. The number of fused-ring (bicyclic) bond motifs is 3. The lowest BCUT2D eigenvalue weighted by atomic mass is 9.97. The van der Waals surface area contributed by atoms with Crippen LogP contribution in [-0.2, 0) is 26.7 Å². The molecule has 3 aromatic rings. The summed E-state index contributed by atoms with van der Waals surface area (Å²) >= 11 is 2.44. The number of thioether (sulfide) groups is 1. The van der Waals surface area contributed by atoms with Gasteiger partial charge in [-0.25, -0.2) is 0 Å². The smallest absolute Gasteiger partial charge is 0.286 e. The summed E-state index contributed by atoms with van der Waals surface area (Å²) in [6, 6.07) is 14.9. The quantitative estimate of drug-likeness (QED) is 0.456. The number of nitrogens with two attached hydrogens (primary N) is 1. The highest BCUT2D eigenvalue weighted by molar-refractivity contribution is 8.01. The predicted octanol–water partition coefficient (Wildman–Crippen LogP) is 3.16. The van der Waals surface area contributed by atoms with E-state index in [1.165, 1.54) is 28.0 Å². The Balaban J connectivity index is 1.61. The molecule has 2 amide bonds. The van der Waals surface area contributed by atoms with E-state index in [1.807, 2.05) is 48.5 Å². The molecule has 2 aromatic carbocycles. The van der Waals surface area contributed by atoms with Crippen molar-refractivity contribution >= 4 is 51.4 Å². The zero-order valence-electron chi connectivity index (χ0n) is 16.9. The molecule has 0 bridgehead atoms. The lowest BCUT2D eigenvalue weighted by Crippen LogP contribution is -2.60. The van der Waals surface area contributed by atoms with Gasteiger partial charge in [0.05, 0.1) is 23.7 Å². The molecule has 0 radical (unpaired) electrons. The first-order valence-electron chi connectivity index (χ1n) is 9.85. The molecule has 1 atom stereocenters. The van der Waals surface area contributed by atoms with Crippen molar-refractivity contribution in [3.8, 4) is 0 Å². The number of nitrogens with zero attached hydrogens (tertiary/aromatic N) is 4. The number of carbonyl (C=O) groups is 2. The van der Waals surface area contributed by atoms with Crippen LogP contribution in [0.15, 0.2) is 65.5 Å². The lowest BCUT2D eigenvalue weighted by molar-refractivity contribution is -0.152. The van der Waals surface area contributed by atoms with E-state index in [1.54, 1.807) is 11.0 Å². The number of hydrogen-bond donors (Lipinski definition) is 1. The van der Waals surface area contributed by atoms with Crippen molar-refractivity contribution < 1.29 is 14.3 Å². The number of rotatable bonds is 5. The van der Waals surface area contributed by atoms with Crippen LogP contribution in [0.4, 0.5) is 16.5 Å². The van der Waals surface area contributed by atoms with Gasteiger partial charge >= 0.3 is 0 Å². The Kier molecular flexibility index (Phi) is 5.20. The van der Waals surface area contributed by atoms with Crippen LogP contribution in [0.25, 0.3) is 0 Å². The highest BCUT2D eigenvalue weighted by atomic mass is 32.2. The first kappa shape index (κ1) is 20.7. The lowest BCUT2D eigenvalue weighted by Gasteiger charge is -2.43. The maximum atomic E-state index is 13.8. The number of nitrogen functional groups attached to an aromatic ring is 1. The van der Waals surface area contributed by atoms with Gasteiger partial charge in [-0.1, -0.05) is 65.6 Å². The average molecular weight is 466 g/mol. The van der Waals surface area contributed by atoms with E-state index in [9.17, 15) is 9.59 Å². The fourth-order valence-electron chi connectivity index (χ4n) is 4.11. The maximum absolute atomic E-state index is 13.8. The Hall–Kier alpha value is -3.21. The standard InChI is InChI=1S/C22H19N5O3S2/c1-2-11-26-17-10-6-4-8-15(17)22(19(26)29)27(16-9-5-3-7-14(16)12-30-22)18(28)13-31-21-25-24-20(23)32-21/h2-10H,1,11-13H2,(H2,23,24)/t22-/m1/s1. The minimum atomic E-state index is -1.58. The Labute approximate surface area is 192 Å². The van der Waals surface area contributed by atoms with Crippen molar-refractivity contribution in [3.05, 3.63) is 72.3 Å². The summed E-state index contributed by atoms with van der Waals surface area (Å²) in [5.41, 5.74) is 6.92. The maximum Gasteiger partial charge on any atom is 0.286 e. The molecule has 162 valence electrons. The van der Waals surface area contributed by atoms with Gasteiger partial charge in [0.1, 0.15) is 0 Å². The molecule has 1 spiro atoms. The van der Waals surface area contributed by atoms with Crippen LogP contribution >= 0.6 is 23.1 Å². The summed E-state index contributed by atoms with van der Waals surface area (Å²) < 4.78 is 6.87. The van der Waals surface area contributed by atoms with Gasteiger partial charge in [-0.3, -0.25) is 14.5 Å². The SMILES string of the molecule is C=CCN1C(=O)[C@]2(OCc3ccccc3N2C(=O)CSc2nnc(N)s2)c2ccccc21. The number of aromatic nitrogens is 2. The fourth-order valence-corrected chi connectivity index (χ4v) is 5.60.